The Bertz CT molecular complexity index is 1100. The van der Waals surface area contributed by atoms with Crippen molar-refractivity contribution in [1.29, 1.82) is 0 Å². The van der Waals surface area contributed by atoms with Gasteiger partial charge in [-0.05, 0) is 43.7 Å². The van der Waals surface area contributed by atoms with E-state index in [-0.39, 0.29) is 17.4 Å². The second-order valence-corrected chi connectivity index (χ2v) is 7.46. The molecule has 0 aliphatic carbocycles. The summed E-state index contributed by atoms with van der Waals surface area (Å²) in [5.41, 5.74) is 2.20. The molecule has 0 unspecified atom stereocenters. The summed E-state index contributed by atoms with van der Waals surface area (Å²) in [5.74, 6) is -1.18. The van der Waals surface area contributed by atoms with Gasteiger partial charge >= 0.3 is 0 Å². The number of aromatic nitrogens is 1. The molecule has 0 saturated carbocycles. The van der Waals surface area contributed by atoms with Gasteiger partial charge in [0.15, 0.2) is 5.13 Å². The Labute approximate surface area is 159 Å². The summed E-state index contributed by atoms with van der Waals surface area (Å²) in [6.45, 7) is 3.74. The Balaban J connectivity index is 1.66. The summed E-state index contributed by atoms with van der Waals surface area (Å²) < 4.78 is 0. The first kappa shape index (κ1) is 17.1. The van der Waals surface area contributed by atoms with Crippen LogP contribution in [0.4, 0.5) is 10.8 Å². The van der Waals surface area contributed by atoms with Gasteiger partial charge in [-0.2, -0.15) is 0 Å². The maximum Gasteiger partial charge on any atom is 0.266 e. The molecule has 134 valence electrons. The number of nitrogens with zero attached hydrogens (tertiary/aromatic N) is 2. The molecular weight excluding hydrogens is 362 g/mol. The summed E-state index contributed by atoms with van der Waals surface area (Å²) in [6, 6.07) is 11.7. The average molecular weight is 377 g/mol. The predicted octanol–water partition coefficient (Wildman–Crippen LogP) is 3.81. The minimum absolute atomic E-state index is 0.228. The van der Waals surface area contributed by atoms with Crippen molar-refractivity contribution < 1.29 is 14.4 Å². The van der Waals surface area contributed by atoms with Gasteiger partial charge in [-0.1, -0.05) is 18.2 Å². The van der Waals surface area contributed by atoms with Gasteiger partial charge in [0.05, 0.1) is 16.8 Å². The molecule has 1 aliphatic heterocycles. The van der Waals surface area contributed by atoms with Gasteiger partial charge in [-0.15, -0.1) is 11.3 Å². The summed E-state index contributed by atoms with van der Waals surface area (Å²) in [7, 11) is 0. The molecule has 0 fully saturated rings. The quantitative estimate of drug-likeness (QED) is 0.704. The number of imide groups is 1. The molecule has 0 spiro atoms. The fraction of sp³-hybridized carbons (Fsp3) is 0.100. The lowest BCUT2D eigenvalue weighted by molar-refractivity contribution is 0.0925. The Morgan fingerprint density at radius 1 is 1.04 bits per heavy atom. The number of hydrogen-bond acceptors (Lipinski definition) is 5. The number of para-hydroxylation sites is 1. The summed E-state index contributed by atoms with van der Waals surface area (Å²) in [4.78, 5) is 44.3. The van der Waals surface area contributed by atoms with Crippen LogP contribution in [0.2, 0.25) is 0 Å². The van der Waals surface area contributed by atoms with Crippen LogP contribution in [0.1, 0.15) is 41.5 Å². The summed E-state index contributed by atoms with van der Waals surface area (Å²) in [5, 5.41) is 3.19. The highest BCUT2D eigenvalue weighted by Crippen LogP contribution is 2.31. The molecule has 7 heteroatoms. The summed E-state index contributed by atoms with van der Waals surface area (Å²) in [6.07, 6.45) is 1.67. The van der Waals surface area contributed by atoms with Crippen LogP contribution in [0.25, 0.3) is 0 Å². The Hall–Kier alpha value is -3.32. The molecule has 0 saturated heterocycles. The van der Waals surface area contributed by atoms with E-state index in [2.05, 4.69) is 10.3 Å². The average Bonchev–Trinajstić information content (AvgIpc) is 3.17. The largest absolute Gasteiger partial charge is 0.298 e. The number of thiazole rings is 1. The van der Waals surface area contributed by atoms with Crippen molar-refractivity contribution in [3.63, 3.8) is 0 Å². The third kappa shape index (κ3) is 2.92. The smallest absolute Gasteiger partial charge is 0.266 e. The first-order chi connectivity index (χ1) is 13.0. The van der Waals surface area contributed by atoms with Crippen molar-refractivity contribution in [3.05, 3.63) is 75.8 Å². The number of amides is 3. The number of fused-ring (bicyclic) bond motifs is 1. The molecule has 6 nitrogen and oxygen atoms in total. The second kappa shape index (κ2) is 6.44. The zero-order valence-electron chi connectivity index (χ0n) is 14.6. The van der Waals surface area contributed by atoms with Crippen molar-refractivity contribution in [1.82, 2.24) is 4.98 Å². The van der Waals surface area contributed by atoms with Crippen molar-refractivity contribution in [3.8, 4) is 0 Å². The van der Waals surface area contributed by atoms with Crippen LogP contribution >= 0.6 is 11.3 Å². The Kier molecular flexibility index (Phi) is 4.08. The van der Waals surface area contributed by atoms with E-state index in [1.165, 1.54) is 23.5 Å². The number of benzene rings is 2. The van der Waals surface area contributed by atoms with E-state index in [1.54, 1.807) is 24.4 Å². The van der Waals surface area contributed by atoms with Crippen molar-refractivity contribution in [2.75, 3.05) is 10.2 Å². The lowest BCUT2D eigenvalue weighted by Gasteiger charge is -2.16. The van der Waals surface area contributed by atoms with E-state index in [9.17, 15) is 14.4 Å². The molecule has 0 atom stereocenters. The third-order valence-corrected chi connectivity index (χ3v) is 5.18. The lowest BCUT2D eigenvalue weighted by Crippen LogP contribution is -2.29. The van der Waals surface area contributed by atoms with Crippen LogP contribution in [0.15, 0.2) is 48.7 Å². The lowest BCUT2D eigenvalue weighted by atomic mass is 10.1. The number of nitrogens with one attached hydrogen (secondary N) is 1. The van der Waals surface area contributed by atoms with Crippen LogP contribution in [-0.2, 0) is 0 Å². The highest BCUT2D eigenvalue weighted by atomic mass is 32.1. The predicted molar refractivity (Wildman–Crippen MR) is 104 cm³/mol. The third-order valence-electron chi connectivity index (χ3n) is 4.35. The van der Waals surface area contributed by atoms with Crippen LogP contribution in [0.3, 0.4) is 0 Å². The molecule has 2 heterocycles. The van der Waals surface area contributed by atoms with Gasteiger partial charge in [-0.25, -0.2) is 9.88 Å². The van der Waals surface area contributed by atoms with Gasteiger partial charge in [0.2, 0.25) is 0 Å². The zero-order chi connectivity index (χ0) is 19.1. The zero-order valence-corrected chi connectivity index (χ0v) is 15.5. The Morgan fingerprint density at radius 3 is 2.48 bits per heavy atom. The minimum Gasteiger partial charge on any atom is -0.298 e. The highest BCUT2D eigenvalue weighted by Gasteiger charge is 2.37. The molecule has 27 heavy (non-hydrogen) atoms. The molecule has 1 aliphatic rings. The first-order valence-corrected chi connectivity index (χ1v) is 9.09. The second-order valence-electron chi connectivity index (χ2n) is 6.22. The molecule has 0 radical (unpaired) electrons. The number of carbonyl (C=O) groups is 3. The fourth-order valence-corrected chi connectivity index (χ4v) is 3.66. The molecule has 4 rings (SSSR count). The topological polar surface area (TPSA) is 79.4 Å². The van der Waals surface area contributed by atoms with Crippen LogP contribution < -0.4 is 10.2 Å². The molecular formula is C20H15N3O3S. The Morgan fingerprint density at radius 2 is 1.78 bits per heavy atom. The molecule has 3 aromatic rings. The van der Waals surface area contributed by atoms with Crippen LogP contribution in [0, 0.1) is 13.8 Å². The first-order valence-electron chi connectivity index (χ1n) is 8.28. The maximum atomic E-state index is 12.9. The number of aryl methyl sites for hydroxylation is 2. The SMILES string of the molecule is Cc1cnc(NC(=O)c2ccc3c(c2)C(=O)N(c2ccccc2C)C3=O)s1. The number of carbonyl (C=O) groups excluding carboxylic acids is 3. The standard InChI is InChI=1S/C20H15N3O3S/c1-11-5-3-4-6-16(11)23-18(25)14-8-7-13(9-15(14)19(23)26)17(24)22-20-21-10-12(2)27-20/h3-10H,1-2H3,(H,21,22,24). The number of rotatable bonds is 3. The molecule has 1 aromatic heterocycles. The monoisotopic (exact) mass is 377 g/mol. The van der Waals surface area contributed by atoms with Crippen LogP contribution in [0.5, 0.6) is 0 Å². The molecule has 2 aromatic carbocycles. The van der Waals surface area contributed by atoms with Crippen LogP contribution in [-0.4, -0.2) is 22.7 Å². The van der Waals surface area contributed by atoms with E-state index in [1.807, 2.05) is 26.0 Å². The van der Waals surface area contributed by atoms with Crippen molar-refractivity contribution >= 4 is 39.9 Å². The number of hydrogen-bond donors (Lipinski definition) is 1. The molecule has 0 bridgehead atoms. The highest BCUT2D eigenvalue weighted by molar-refractivity contribution is 7.15. The van der Waals surface area contributed by atoms with E-state index in [0.717, 1.165) is 15.3 Å². The number of anilines is 2. The van der Waals surface area contributed by atoms with Crippen molar-refractivity contribution in [2.45, 2.75) is 13.8 Å². The maximum absolute atomic E-state index is 12.9. The van der Waals surface area contributed by atoms with E-state index in [0.29, 0.717) is 21.9 Å². The van der Waals surface area contributed by atoms with Gasteiger partial charge in [-0.3, -0.25) is 19.7 Å². The van der Waals surface area contributed by atoms with E-state index < -0.39 is 5.91 Å². The molecule has 3 amide bonds. The van der Waals surface area contributed by atoms with Gasteiger partial charge < -0.3 is 0 Å². The van der Waals surface area contributed by atoms with E-state index in [4.69, 9.17) is 0 Å². The minimum atomic E-state index is -0.427. The summed E-state index contributed by atoms with van der Waals surface area (Å²) >= 11 is 1.36. The van der Waals surface area contributed by atoms with E-state index >= 15 is 0 Å². The molecule has 1 N–H and O–H groups in total. The van der Waals surface area contributed by atoms with Gasteiger partial charge in [0.1, 0.15) is 0 Å². The fourth-order valence-electron chi connectivity index (χ4n) is 3.00. The van der Waals surface area contributed by atoms with Gasteiger partial charge in [0, 0.05) is 16.6 Å². The van der Waals surface area contributed by atoms with Gasteiger partial charge in [0.25, 0.3) is 17.7 Å². The van der Waals surface area contributed by atoms with Crippen molar-refractivity contribution in [2.24, 2.45) is 0 Å². The normalized spacial score (nSPS) is 13.0.